The molecule has 1 fully saturated rings. The van der Waals surface area contributed by atoms with Gasteiger partial charge in [-0.05, 0) is 19.1 Å². The Labute approximate surface area is 146 Å². The van der Waals surface area contributed by atoms with E-state index in [0.717, 1.165) is 0 Å². The summed E-state index contributed by atoms with van der Waals surface area (Å²) in [5.74, 6) is 1.04. The van der Waals surface area contributed by atoms with Gasteiger partial charge in [-0.1, -0.05) is 17.3 Å². The van der Waals surface area contributed by atoms with Gasteiger partial charge < -0.3 is 4.52 Å². The van der Waals surface area contributed by atoms with Crippen molar-refractivity contribution in [3.05, 3.63) is 41.5 Å². The predicted molar refractivity (Wildman–Crippen MR) is 89.5 cm³/mol. The van der Waals surface area contributed by atoms with Crippen LogP contribution in [-0.4, -0.2) is 59.7 Å². The minimum Gasteiger partial charge on any atom is -0.340 e. The highest BCUT2D eigenvalue weighted by Crippen LogP contribution is 2.19. The van der Waals surface area contributed by atoms with Crippen LogP contribution in [0.1, 0.15) is 29.0 Å². The molecule has 0 unspecified atom stereocenters. The number of hydrogen-bond acceptors (Lipinski definition) is 7. The van der Waals surface area contributed by atoms with Gasteiger partial charge >= 0.3 is 0 Å². The topological polar surface area (TPSA) is 96.6 Å². The Kier molecular flexibility index (Phi) is 4.98. The molecule has 3 rings (SSSR count). The molecule has 134 valence electrons. The molecule has 0 amide bonds. The SMILES string of the molecule is CC(=O)c1ccc(S(=O)(=O)N2CCN(Cc3noc(C)n3)CC2)cc1. The van der Waals surface area contributed by atoms with Crippen molar-refractivity contribution >= 4 is 15.8 Å². The molecule has 1 saturated heterocycles. The summed E-state index contributed by atoms with van der Waals surface area (Å²) in [6.07, 6.45) is 0. The van der Waals surface area contributed by atoms with E-state index < -0.39 is 10.0 Å². The zero-order valence-electron chi connectivity index (χ0n) is 14.2. The summed E-state index contributed by atoms with van der Waals surface area (Å²) in [5, 5.41) is 3.86. The van der Waals surface area contributed by atoms with E-state index >= 15 is 0 Å². The number of carbonyl (C=O) groups is 1. The Morgan fingerprint density at radius 1 is 1.16 bits per heavy atom. The van der Waals surface area contributed by atoms with Crippen molar-refractivity contribution in [3.63, 3.8) is 0 Å². The Hall–Kier alpha value is -2.10. The van der Waals surface area contributed by atoms with Crippen molar-refractivity contribution in [3.8, 4) is 0 Å². The van der Waals surface area contributed by atoms with Gasteiger partial charge in [0.1, 0.15) is 0 Å². The quantitative estimate of drug-likeness (QED) is 0.733. The van der Waals surface area contributed by atoms with Gasteiger partial charge in [-0.15, -0.1) is 0 Å². The van der Waals surface area contributed by atoms with Gasteiger partial charge in [-0.25, -0.2) is 8.42 Å². The summed E-state index contributed by atoms with van der Waals surface area (Å²) in [4.78, 5) is 17.8. The first-order chi connectivity index (χ1) is 11.9. The molecule has 2 heterocycles. The van der Waals surface area contributed by atoms with Crippen LogP contribution in [0.4, 0.5) is 0 Å². The maximum absolute atomic E-state index is 12.7. The average molecular weight is 364 g/mol. The van der Waals surface area contributed by atoms with Crippen LogP contribution in [0.3, 0.4) is 0 Å². The van der Waals surface area contributed by atoms with Crippen LogP contribution in [0.25, 0.3) is 0 Å². The number of aryl methyl sites for hydroxylation is 1. The van der Waals surface area contributed by atoms with Crippen LogP contribution in [0.5, 0.6) is 0 Å². The molecule has 0 aliphatic carbocycles. The molecular weight excluding hydrogens is 344 g/mol. The van der Waals surface area contributed by atoms with E-state index in [1.807, 2.05) is 0 Å². The third-order valence-corrected chi connectivity index (χ3v) is 6.08. The second-order valence-electron chi connectivity index (χ2n) is 5.99. The number of sulfonamides is 1. The fourth-order valence-corrected chi connectivity index (χ4v) is 4.17. The first kappa shape index (κ1) is 17.7. The van der Waals surface area contributed by atoms with Gasteiger partial charge in [0.2, 0.25) is 15.9 Å². The molecule has 2 aromatic rings. The lowest BCUT2D eigenvalue weighted by Gasteiger charge is -2.33. The van der Waals surface area contributed by atoms with E-state index in [1.54, 1.807) is 19.1 Å². The van der Waals surface area contributed by atoms with Crippen molar-refractivity contribution in [1.82, 2.24) is 19.3 Å². The lowest BCUT2D eigenvalue weighted by molar-refractivity contribution is 0.101. The minimum absolute atomic E-state index is 0.0886. The maximum Gasteiger partial charge on any atom is 0.243 e. The summed E-state index contributed by atoms with van der Waals surface area (Å²) in [6, 6.07) is 6.06. The van der Waals surface area contributed by atoms with E-state index in [-0.39, 0.29) is 10.7 Å². The van der Waals surface area contributed by atoms with Crippen LogP contribution in [0, 0.1) is 6.92 Å². The van der Waals surface area contributed by atoms with Crippen molar-refractivity contribution in [1.29, 1.82) is 0 Å². The number of hydrogen-bond donors (Lipinski definition) is 0. The second kappa shape index (κ2) is 7.03. The van der Waals surface area contributed by atoms with Crippen LogP contribution < -0.4 is 0 Å². The van der Waals surface area contributed by atoms with Gasteiger partial charge in [-0.3, -0.25) is 9.69 Å². The van der Waals surface area contributed by atoms with Crippen molar-refractivity contribution in [2.24, 2.45) is 0 Å². The van der Waals surface area contributed by atoms with E-state index in [0.29, 0.717) is 50.0 Å². The second-order valence-corrected chi connectivity index (χ2v) is 7.93. The molecule has 0 atom stereocenters. The molecule has 0 saturated carbocycles. The van der Waals surface area contributed by atoms with Gasteiger partial charge in [0, 0.05) is 38.7 Å². The van der Waals surface area contributed by atoms with E-state index in [4.69, 9.17) is 4.52 Å². The van der Waals surface area contributed by atoms with Gasteiger partial charge in [0.05, 0.1) is 11.4 Å². The molecule has 1 aromatic carbocycles. The Balaban J connectivity index is 1.63. The summed E-state index contributed by atoms with van der Waals surface area (Å²) < 4.78 is 31.9. The van der Waals surface area contributed by atoms with E-state index in [1.165, 1.54) is 23.4 Å². The highest BCUT2D eigenvalue weighted by molar-refractivity contribution is 7.89. The molecule has 0 bridgehead atoms. The number of Topliss-reactive ketones (excluding diaryl/α,β-unsaturated/α-hetero) is 1. The van der Waals surface area contributed by atoms with E-state index in [9.17, 15) is 13.2 Å². The lowest BCUT2D eigenvalue weighted by Crippen LogP contribution is -2.48. The average Bonchev–Trinajstić information content (AvgIpc) is 3.00. The van der Waals surface area contributed by atoms with Crippen LogP contribution in [0.2, 0.25) is 0 Å². The fourth-order valence-electron chi connectivity index (χ4n) is 2.74. The predicted octanol–water partition coefficient (Wildman–Crippen LogP) is 1.09. The first-order valence-electron chi connectivity index (χ1n) is 7.99. The zero-order valence-corrected chi connectivity index (χ0v) is 15.0. The third-order valence-electron chi connectivity index (χ3n) is 4.16. The molecular formula is C16H20N4O4S. The van der Waals surface area contributed by atoms with Crippen LogP contribution in [-0.2, 0) is 16.6 Å². The maximum atomic E-state index is 12.7. The van der Waals surface area contributed by atoms with Crippen molar-refractivity contribution in [2.45, 2.75) is 25.3 Å². The number of nitrogens with zero attached hydrogens (tertiary/aromatic N) is 4. The van der Waals surface area contributed by atoms with Crippen LogP contribution in [0.15, 0.2) is 33.7 Å². The minimum atomic E-state index is -3.55. The fraction of sp³-hybridized carbons (Fsp3) is 0.438. The van der Waals surface area contributed by atoms with Gasteiger partial charge in [0.15, 0.2) is 11.6 Å². The summed E-state index contributed by atoms with van der Waals surface area (Å²) >= 11 is 0. The van der Waals surface area contributed by atoms with Crippen LogP contribution >= 0.6 is 0 Å². The molecule has 9 heteroatoms. The molecule has 1 aliphatic rings. The monoisotopic (exact) mass is 364 g/mol. The Bertz CT molecular complexity index is 853. The van der Waals surface area contributed by atoms with Crippen molar-refractivity contribution in [2.75, 3.05) is 26.2 Å². The Morgan fingerprint density at radius 3 is 2.32 bits per heavy atom. The van der Waals surface area contributed by atoms with Gasteiger partial charge in [0.25, 0.3) is 0 Å². The normalized spacial score (nSPS) is 16.9. The number of aromatic nitrogens is 2. The smallest absolute Gasteiger partial charge is 0.243 e. The molecule has 0 N–H and O–H groups in total. The first-order valence-corrected chi connectivity index (χ1v) is 9.43. The number of rotatable bonds is 5. The number of carbonyl (C=O) groups excluding carboxylic acids is 1. The van der Waals surface area contributed by atoms with Gasteiger partial charge in [-0.2, -0.15) is 9.29 Å². The number of ketones is 1. The number of piperazine rings is 1. The Morgan fingerprint density at radius 2 is 1.80 bits per heavy atom. The molecule has 1 aliphatic heterocycles. The zero-order chi connectivity index (χ0) is 18.0. The largest absolute Gasteiger partial charge is 0.340 e. The summed E-state index contributed by atoms with van der Waals surface area (Å²) in [5.41, 5.74) is 0.499. The van der Waals surface area contributed by atoms with E-state index in [2.05, 4.69) is 15.0 Å². The summed E-state index contributed by atoms with van der Waals surface area (Å²) in [6.45, 7) is 5.71. The lowest BCUT2D eigenvalue weighted by atomic mass is 10.2. The molecule has 0 radical (unpaired) electrons. The third kappa shape index (κ3) is 3.94. The molecule has 8 nitrogen and oxygen atoms in total. The molecule has 0 spiro atoms. The molecule has 25 heavy (non-hydrogen) atoms. The number of benzene rings is 1. The van der Waals surface area contributed by atoms with Crippen molar-refractivity contribution < 1.29 is 17.7 Å². The highest BCUT2D eigenvalue weighted by Gasteiger charge is 2.29. The standard InChI is InChI=1S/C16H20N4O4S/c1-12(21)14-3-5-15(6-4-14)25(22,23)20-9-7-19(8-10-20)11-16-17-13(2)24-18-16/h3-6H,7-11H2,1-2H3. The highest BCUT2D eigenvalue weighted by atomic mass is 32.2. The summed E-state index contributed by atoms with van der Waals surface area (Å²) in [7, 11) is -3.55. The molecule has 1 aromatic heterocycles.